The largest absolute Gasteiger partial charge is 0.310 e. The molecule has 0 radical (unpaired) electrons. The molecule has 52 heavy (non-hydrogen) atoms. The predicted molar refractivity (Wildman–Crippen MR) is 221 cm³/mol. The third-order valence-electron chi connectivity index (χ3n) is 10.4. The van der Waals surface area contributed by atoms with Gasteiger partial charge in [0.25, 0.3) is 0 Å². The lowest BCUT2D eigenvalue weighted by Gasteiger charge is -2.27. The molecule has 2 nitrogen and oxygen atoms in total. The first-order valence-corrected chi connectivity index (χ1v) is 17.9. The highest BCUT2D eigenvalue weighted by atomic mass is 15.1. The van der Waals surface area contributed by atoms with Crippen LogP contribution < -0.4 is 4.90 Å². The van der Waals surface area contributed by atoms with Crippen molar-refractivity contribution in [2.24, 2.45) is 0 Å². The number of hydrogen-bond donors (Lipinski definition) is 0. The van der Waals surface area contributed by atoms with E-state index in [2.05, 4.69) is 216 Å². The SMILES string of the molecule is c1ccc(-n2c3ccccc3c3c(N(c4ccc(-c5ccc6ccccc6c5)cc4)c4ccc(-c5cccc6ccccc56)cc4)cccc32)cc1. The fourth-order valence-electron chi connectivity index (χ4n) is 7.91. The van der Waals surface area contributed by atoms with Crippen molar-refractivity contribution in [1.82, 2.24) is 4.57 Å². The molecule has 2 heteroatoms. The Labute approximate surface area is 303 Å². The summed E-state index contributed by atoms with van der Waals surface area (Å²) in [4.78, 5) is 2.42. The number of hydrogen-bond acceptors (Lipinski definition) is 1. The minimum Gasteiger partial charge on any atom is -0.310 e. The molecule has 9 aromatic carbocycles. The van der Waals surface area contributed by atoms with E-state index in [4.69, 9.17) is 0 Å². The number of nitrogens with zero attached hydrogens (tertiary/aromatic N) is 2. The van der Waals surface area contributed by atoms with Crippen molar-refractivity contribution in [3.63, 3.8) is 0 Å². The molecule has 0 aliphatic rings. The summed E-state index contributed by atoms with van der Waals surface area (Å²) >= 11 is 0. The Bertz CT molecular complexity index is 2880. The van der Waals surface area contributed by atoms with Crippen LogP contribution in [0, 0.1) is 0 Å². The van der Waals surface area contributed by atoms with Crippen molar-refractivity contribution in [1.29, 1.82) is 0 Å². The Morgan fingerprint density at radius 2 is 0.923 bits per heavy atom. The van der Waals surface area contributed by atoms with Crippen LogP contribution in [-0.2, 0) is 0 Å². The zero-order valence-corrected chi connectivity index (χ0v) is 28.5. The molecule has 1 aromatic heterocycles. The van der Waals surface area contributed by atoms with Crippen LogP contribution in [0.5, 0.6) is 0 Å². The van der Waals surface area contributed by atoms with Crippen LogP contribution in [0.4, 0.5) is 17.1 Å². The molecular weight excluding hydrogens is 629 g/mol. The number of rotatable bonds is 6. The molecule has 1 heterocycles. The highest BCUT2D eigenvalue weighted by Crippen LogP contribution is 2.44. The molecule has 0 saturated carbocycles. The summed E-state index contributed by atoms with van der Waals surface area (Å²) in [6.07, 6.45) is 0. The van der Waals surface area contributed by atoms with E-state index in [1.165, 1.54) is 65.6 Å². The lowest BCUT2D eigenvalue weighted by molar-refractivity contribution is 1.18. The third-order valence-corrected chi connectivity index (χ3v) is 10.4. The topological polar surface area (TPSA) is 8.17 Å². The van der Waals surface area contributed by atoms with Gasteiger partial charge in [-0.25, -0.2) is 0 Å². The summed E-state index contributed by atoms with van der Waals surface area (Å²) in [5, 5.41) is 7.46. The highest BCUT2D eigenvalue weighted by molar-refractivity contribution is 6.16. The molecule has 0 N–H and O–H groups in total. The summed E-state index contributed by atoms with van der Waals surface area (Å²) in [7, 11) is 0. The smallest absolute Gasteiger partial charge is 0.0562 e. The molecule has 0 unspecified atom stereocenters. The zero-order chi connectivity index (χ0) is 34.4. The van der Waals surface area contributed by atoms with Gasteiger partial charge >= 0.3 is 0 Å². The number of fused-ring (bicyclic) bond motifs is 5. The summed E-state index contributed by atoms with van der Waals surface area (Å²) in [6, 6.07) is 74.7. The van der Waals surface area contributed by atoms with Gasteiger partial charge in [0, 0.05) is 27.8 Å². The summed E-state index contributed by atoms with van der Waals surface area (Å²) in [5.74, 6) is 0. The van der Waals surface area contributed by atoms with Crippen LogP contribution in [-0.4, -0.2) is 4.57 Å². The van der Waals surface area contributed by atoms with Gasteiger partial charge in [0.2, 0.25) is 0 Å². The Morgan fingerprint density at radius 1 is 0.346 bits per heavy atom. The first-order chi connectivity index (χ1) is 25.8. The Morgan fingerprint density at radius 3 is 1.71 bits per heavy atom. The molecule has 10 aromatic rings. The number of benzene rings is 9. The second kappa shape index (κ2) is 12.5. The Hall–Kier alpha value is -6.90. The van der Waals surface area contributed by atoms with Crippen molar-refractivity contribution in [3.05, 3.63) is 206 Å². The van der Waals surface area contributed by atoms with Crippen LogP contribution in [0.3, 0.4) is 0 Å². The molecule has 0 bridgehead atoms. The lowest BCUT2D eigenvalue weighted by Crippen LogP contribution is -2.10. The zero-order valence-electron chi connectivity index (χ0n) is 28.5. The van der Waals surface area contributed by atoms with Crippen LogP contribution in [0.2, 0.25) is 0 Å². The van der Waals surface area contributed by atoms with Gasteiger partial charge in [-0.2, -0.15) is 0 Å². The van der Waals surface area contributed by atoms with Crippen LogP contribution in [0.25, 0.3) is 71.3 Å². The van der Waals surface area contributed by atoms with Crippen LogP contribution in [0.1, 0.15) is 0 Å². The van der Waals surface area contributed by atoms with E-state index in [0.29, 0.717) is 0 Å². The maximum Gasteiger partial charge on any atom is 0.0562 e. The van der Waals surface area contributed by atoms with Gasteiger partial charge in [0.05, 0.1) is 16.7 Å². The number of anilines is 3. The number of aromatic nitrogens is 1. The maximum atomic E-state index is 2.42. The van der Waals surface area contributed by atoms with Crippen molar-refractivity contribution >= 4 is 60.4 Å². The van der Waals surface area contributed by atoms with Crippen molar-refractivity contribution in [2.45, 2.75) is 0 Å². The van der Waals surface area contributed by atoms with Gasteiger partial charge in [0.15, 0.2) is 0 Å². The lowest BCUT2D eigenvalue weighted by atomic mass is 9.98. The quantitative estimate of drug-likeness (QED) is 0.172. The van der Waals surface area contributed by atoms with Gasteiger partial charge < -0.3 is 9.47 Å². The monoisotopic (exact) mass is 662 g/mol. The van der Waals surface area contributed by atoms with Gasteiger partial charge in [0.1, 0.15) is 0 Å². The first-order valence-electron chi connectivity index (χ1n) is 17.9. The van der Waals surface area contributed by atoms with E-state index in [1.54, 1.807) is 0 Å². The fraction of sp³-hybridized carbons (Fsp3) is 0. The van der Waals surface area contributed by atoms with Gasteiger partial charge in [-0.15, -0.1) is 0 Å². The minimum atomic E-state index is 1.10. The highest BCUT2D eigenvalue weighted by Gasteiger charge is 2.21. The van der Waals surface area contributed by atoms with E-state index in [9.17, 15) is 0 Å². The summed E-state index contributed by atoms with van der Waals surface area (Å²) in [5.41, 5.74) is 11.7. The molecule has 10 rings (SSSR count). The molecule has 0 spiro atoms. The van der Waals surface area contributed by atoms with Crippen LogP contribution >= 0.6 is 0 Å². The molecular formula is C50H34N2. The van der Waals surface area contributed by atoms with Gasteiger partial charge in [-0.1, -0.05) is 146 Å². The second-order valence-corrected chi connectivity index (χ2v) is 13.4. The normalized spacial score (nSPS) is 11.5. The third kappa shape index (κ3) is 5.04. The van der Waals surface area contributed by atoms with Gasteiger partial charge in [-0.3, -0.25) is 0 Å². The van der Waals surface area contributed by atoms with Crippen molar-refractivity contribution < 1.29 is 0 Å². The molecule has 0 aliphatic carbocycles. The second-order valence-electron chi connectivity index (χ2n) is 13.4. The minimum absolute atomic E-state index is 1.10. The average Bonchev–Trinajstić information content (AvgIpc) is 3.56. The van der Waals surface area contributed by atoms with E-state index in [-0.39, 0.29) is 0 Å². The number of para-hydroxylation sites is 2. The maximum absolute atomic E-state index is 2.42. The summed E-state index contributed by atoms with van der Waals surface area (Å²) < 4.78 is 2.39. The molecule has 0 atom stereocenters. The molecule has 244 valence electrons. The van der Waals surface area contributed by atoms with Crippen molar-refractivity contribution in [3.8, 4) is 27.9 Å². The predicted octanol–water partition coefficient (Wildman–Crippen LogP) is 13.9. The molecule has 0 fully saturated rings. The van der Waals surface area contributed by atoms with E-state index in [1.807, 2.05) is 0 Å². The Kier molecular flexibility index (Phi) is 7.18. The van der Waals surface area contributed by atoms with Crippen LogP contribution in [0.15, 0.2) is 206 Å². The van der Waals surface area contributed by atoms with E-state index >= 15 is 0 Å². The summed E-state index contributed by atoms with van der Waals surface area (Å²) in [6.45, 7) is 0. The van der Waals surface area contributed by atoms with Crippen molar-refractivity contribution in [2.75, 3.05) is 4.90 Å². The first kappa shape index (κ1) is 30.0. The molecule has 0 amide bonds. The van der Waals surface area contributed by atoms with Gasteiger partial charge in [-0.05, 0) is 104 Å². The van der Waals surface area contributed by atoms with E-state index in [0.717, 1.165) is 22.7 Å². The molecule has 0 aliphatic heterocycles. The fourth-order valence-corrected chi connectivity index (χ4v) is 7.91. The molecule has 0 saturated heterocycles. The Balaban J connectivity index is 1.16. The standard InChI is InChI=1S/C50H34N2/c1-2-16-41(17-3-1)52-47-21-9-8-19-46(47)50-48(22-11-23-49(50)52)51(42-30-26-36(27-31-42)40-25-24-35-12-4-5-14-39(35)34-40)43-32-28-38(29-33-43)45-20-10-15-37-13-6-7-18-44(37)45/h1-34H. The average molecular weight is 663 g/mol. The van der Waals surface area contributed by atoms with E-state index < -0.39 is 0 Å².